The second-order valence-electron chi connectivity index (χ2n) is 5.23. The van der Waals surface area contributed by atoms with Crippen molar-refractivity contribution in [1.82, 2.24) is 25.2 Å². The third kappa shape index (κ3) is 4.04. The van der Waals surface area contributed by atoms with E-state index in [1.807, 2.05) is 18.1 Å². The maximum atomic E-state index is 12.4. The average Bonchev–Trinajstić information content (AvgIpc) is 3.20. The summed E-state index contributed by atoms with van der Waals surface area (Å²) in [7, 11) is 3.53. The smallest absolute Gasteiger partial charge is 0.246 e. The van der Waals surface area contributed by atoms with Crippen molar-refractivity contribution in [3.63, 3.8) is 0 Å². The molecule has 2 aromatic rings. The van der Waals surface area contributed by atoms with Crippen LogP contribution in [-0.4, -0.2) is 58.4 Å². The molecule has 24 heavy (non-hydrogen) atoms. The Morgan fingerprint density at radius 2 is 2.29 bits per heavy atom. The lowest BCUT2D eigenvalue weighted by Gasteiger charge is -2.35. The molecule has 0 saturated carbocycles. The molecule has 1 aliphatic heterocycles. The van der Waals surface area contributed by atoms with Crippen LogP contribution in [0.4, 0.5) is 5.69 Å². The summed E-state index contributed by atoms with van der Waals surface area (Å²) >= 11 is 0. The first kappa shape index (κ1) is 18.2. The Labute approximate surface area is 156 Å². The summed E-state index contributed by atoms with van der Waals surface area (Å²) in [6.45, 7) is 2.06. The van der Waals surface area contributed by atoms with Gasteiger partial charge in [0.1, 0.15) is 18.5 Å². The summed E-state index contributed by atoms with van der Waals surface area (Å²) in [4.78, 5) is 20.3. The number of rotatable bonds is 3. The standard InChI is InChI=1S/C14H19N7O2.HI/c1-15-14(16-7-11-3-6-23-18-11)20-4-5-21(13(22)10-20)12-8-17-19(2)9-12;/h3,6,8-9H,4-5,7,10H2,1-2H3,(H,15,16);1H. The third-order valence-electron chi connectivity index (χ3n) is 3.65. The van der Waals surface area contributed by atoms with Crippen molar-refractivity contribution in [2.24, 2.45) is 12.0 Å². The number of nitrogens with zero attached hydrogens (tertiary/aromatic N) is 6. The van der Waals surface area contributed by atoms with Crippen LogP contribution in [0.15, 0.2) is 34.2 Å². The van der Waals surface area contributed by atoms with E-state index in [1.54, 1.807) is 28.9 Å². The Balaban J connectivity index is 0.00000208. The molecule has 0 bridgehead atoms. The monoisotopic (exact) mass is 445 g/mol. The summed E-state index contributed by atoms with van der Waals surface area (Å²) in [5.74, 6) is 0.695. The molecule has 0 spiro atoms. The van der Waals surface area contributed by atoms with Crippen LogP contribution in [0.5, 0.6) is 0 Å². The molecule has 1 amide bonds. The SMILES string of the molecule is CN=C(NCc1ccon1)N1CCN(c2cnn(C)c2)C(=O)C1.I. The van der Waals surface area contributed by atoms with E-state index in [-0.39, 0.29) is 36.4 Å². The van der Waals surface area contributed by atoms with Crippen molar-refractivity contribution in [2.75, 3.05) is 31.6 Å². The fourth-order valence-electron chi connectivity index (χ4n) is 2.51. The van der Waals surface area contributed by atoms with E-state index in [0.29, 0.717) is 25.6 Å². The first-order chi connectivity index (χ1) is 11.2. The van der Waals surface area contributed by atoms with Crippen molar-refractivity contribution >= 4 is 41.5 Å². The second kappa shape index (κ2) is 8.13. The van der Waals surface area contributed by atoms with Crippen molar-refractivity contribution in [2.45, 2.75) is 6.54 Å². The fourth-order valence-corrected chi connectivity index (χ4v) is 2.51. The molecule has 3 rings (SSSR count). The highest BCUT2D eigenvalue weighted by Gasteiger charge is 2.27. The van der Waals surface area contributed by atoms with E-state index in [2.05, 4.69) is 20.6 Å². The number of aryl methyl sites for hydroxylation is 1. The highest BCUT2D eigenvalue weighted by Crippen LogP contribution is 2.16. The van der Waals surface area contributed by atoms with Crippen LogP contribution in [0.25, 0.3) is 0 Å². The van der Waals surface area contributed by atoms with E-state index in [4.69, 9.17) is 4.52 Å². The normalized spacial score (nSPS) is 15.4. The highest BCUT2D eigenvalue weighted by molar-refractivity contribution is 14.0. The van der Waals surface area contributed by atoms with Gasteiger partial charge in [-0.05, 0) is 0 Å². The zero-order valence-electron chi connectivity index (χ0n) is 13.5. The van der Waals surface area contributed by atoms with Gasteiger partial charge in [0.2, 0.25) is 5.91 Å². The molecule has 10 heteroatoms. The van der Waals surface area contributed by atoms with Gasteiger partial charge in [0.05, 0.1) is 18.4 Å². The molecule has 1 fully saturated rings. The molecule has 0 radical (unpaired) electrons. The predicted molar refractivity (Wildman–Crippen MR) is 99.3 cm³/mol. The van der Waals surface area contributed by atoms with Crippen molar-refractivity contribution in [3.8, 4) is 0 Å². The largest absolute Gasteiger partial charge is 0.364 e. The van der Waals surface area contributed by atoms with Crippen LogP contribution in [0.3, 0.4) is 0 Å². The van der Waals surface area contributed by atoms with Gasteiger partial charge in [0, 0.05) is 39.4 Å². The Morgan fingerprint density at radius 1 is 1.46 bits per heavy atom. The minimum absolute atomic E-state index is 0. The van der Waals surface area contributed by atoms with Crippen LogP contribution in [0, 0.1) is 0 Å². The maximum Gasteiger partial charge on any atom is 0.246 e. The summed E-state index contributed by atoms with van der Waals surface area (Å²) in [5.41, 5.74) is 1.61. The predicted octanol–water partition coefficient (Wildman–Crippen LogP) is 0.450. The van der Waals surface area contributed by atoms with Crippen LogP contribution < -0.4 is 10.2 Å². The molecule has 0 atom stereocenters. The third-order valence-corrected chi connectivity index (χ3v) is 3.65. The maximum absolute atomic E-state index is 12.4. The van der Waals surface area contributed by atoms with Crippen molar-refractivity contribution in [3.05, 3.63) is 30.4 Å². The zero-order chi connectivity index (χ0) is 16.2. The van der Waals surface area contributed by atoms with Crippen LogP contribution >= 0.6 is 24.0 Å². The first-order valence-electron chi connectivity index (χ1n) is 7.31. The average molecular weight is 445 g/mol. The molecule has 1 saturated heterocycles. The molecular weight excluding hydrogens is 425 g/mol. The van der Waals surface area contributed by atoms with Gasteiger partial charge in [-0.1, -0.05) is 5.16 Å². The van der Waals surface area contributed by atoms with Crippen molar-refractivity contribution in [1.29, 1.82) is 0 Å². The summed E-state index contributed by atoms with van der Waals surface area (Å²) in [6.07, 6.45) is 5.06. The summed E-state index contributed by atoms with van der Waals surface area (Å²) < 4.78 is 6.48. The van der Waals surface area contributed by atoms with Gasteiger partial charge in [0.15, 0.2) is 5.96 Å². The van der Waals surface area contributed by atoms with E-state index >= 15 is 0 Å². The number of anilines is 1. The Hall–Kier alpha value is -2.11. The number of nitrogens with one attached hydrogen (secondary N) is 1. The second-order valence-corrected chi connectivity index (χ2v) is 5.23. The lowest BCUT2D eigenvalue weighted by Crippen LogP contribution is -2.55. The number of hydrogen-bond acceptors (Lipinski definition) is 5. The lowest BCUT2D eigenvalue weighted by atomic mass is 10.3. The molecule has 1 N–H and O–H groups in total. The first-order valence-corrected chi connectivity index (χ1v) is 7.31. The molecule has 9 nitrogen and oxygen atoms in total. The molecule has 0 aromatic carbocycles. The minimum Gasteiger partial charge on any atom is -0.364 e. The highest BCUT2D eigenvalue weighted by atomic mass is 127. The molecule has 0 aliphatic carbocycles. The van der Waals surface area contributed by atoms with Crippen LogP contribution in [0.1, 0.15) is 5.69 Å². The van der Waals surface area contributed by atoms with Crippen molar-refractivity contribution < 1.29 is 9.32 Å². The van der Waals surface area contributed by atoms with Gasteiger partial charge in [-0.25, -0.2) is 0 Å². The number of aliphatic imine (C=N–C) groups is 1. The minimum atomic E-state index is 0. The number of piperazine rings is 1. The number of amides is 1. The molecule has 130 valence electrons. The Kier molecular flexibility index (Phi) is 6.17. The van der Waals surface area contributed by atoms with Gasteiger partial charge in [0.25, 0.3) is 0 Å². The topological polar surface area (TPSA) is 91.8 Å². The summed E-state index contributed by atoms with van der Waals surface area (Å²) in [6, 6.07) is 1.78. The lowest BCUT2D eigenvalue weighted by molar-refractivity contribution is -0.120. The molecule has 0 unspecified atom stereocenters. The number of halogens is 1. The van der Waals surface area contributed by atoms with E-state index < -0.39 is 0 Å². The quantitative estimate of drug-likeness (QED) is 0.419. The van der Waals surface area contributed by atoms with Gasteiger partial charge in [-0.15, -0.1) is 24.0 Å². The molecule has 2 aromatic heterocycles. The van der Waals surface area contributed by atoms with E-state index in [1.165, 1.54) is 6.26 Å². The van der Waals surface area contributed by atoms with E-state index in [0.717, 1.165) is 11.4 Å². The van der Waals surface area contributed by atoms with Gasteiger partial charge in [-0.2, -0.15) is 5.10 Å². The number of carbonyl (C=O) groups excluding carboxylic acids is 1. The zero-order valence-corrected chi connectivity index (χ0v) is 15.9. The number of carbonyl (C=O) groups is 1. The van der Waals surface area contributed by atoms with Gasteiger partial charge in [-0.3, -0.25) is 14.5 Å². The number of hydrogen-bond donors (Lipinski definition) is 1. The molecule has 1 aliphatic rings. The number of guanidine groups is 1. The van der Waals surface area contributed by atoms with E-state index in [9.17, 15) is 4.79 Å². The fraction of sp³-hybridized carbons (Fsp3) is 0.429. The van der Waals surface area contributed by atoms with Gasteiger partial charge >= 0.3 is 0 Å². The molecule has 3 heterocycles. The van der Waals surface area contributed by atoms with Crippen LogP contribution in [0.2, 0.25) is 0 Å². The van der Waals surface area contributed by atoms with Crippen LogP contribution in [-0.2, 0) is 18.4 Å². The van der Waals surface area contributed by atoms with Gasteiger partial charge < -0.3 is 19.6 Å². The summed E-state index contributed by atoms with van der Waals surface area (Å²) in [5, 5.41) is 11.1. The Bertz CT molecular complexity index is 698. The Morgan fingerprint density at radius 3 is 2.88 bits per heavy atom. The molecular formula is C14H20IN7O2. The number of aromatic nitrogens is 3.